The summed E-state index contributed by atoms with van der Waals surface area (Å²) in [6.45, 7) is 1.95. The largest absolute Gasteiger partial charge is 0.480 e. The van der Waals surface area contributed by atoms with Crippen LogP contribution in [-0.4, -0.2) is 46.1 Å². The predicted octanol–water partition coefficient (Wildman–Crippen LogP) is 2.65. The van der Waals surface area contributed by atoms with Crippen molar-refractivity contribution in [3.63, 3.8) is 0 Å². The van der Waals surface area contributed by atoms with E-state index in [1.807, 2.05) is 12.3 Å². The van der Waals surface area contributed by atoms with Crippen LogP contribution in [0.5, 0.6) is 0 Å². The van der Waals surface area contributed by atoms with Crippen LogP contribution in [0.2, 0.25) is 0 Å². The standard InChI is InChI=1S/C20H25N3O2/c24-19(25)13-23(12-14-6-7-14)18-9-17(10-18)22-11-16-4-1-3-15-5-2-8-21-20(15)16/h1-5,8,14,17-18,22H,6-7,9-13H2,(H,24,25). The van der Waals surface area contributed by atoms with Crippen molar-refractivity contribution in [3.05, 3.63) is 42.1 Å². The van der Waals surface area contributed by atoms with Crippen molar-refractivity contribution in [1.29, 1.82) is 0 Å². The zero-order chi connectivity index (χ0) is 17.2. The van der Waals surface area contributed by atoms with E-state index >= 15 is 0 Å². The lowest BCUT2D eigenvalue weighted by molar-refractivity contribution is -0.139. The van der Waals surface area contributed by atoms with Gasteiger partial charge in [0.2, 0.25) is 0 Å². The predicted molar refractivity (Wildman–Crippen MR) is 97.3 cm³/mol. The number of pyridine rings is 1. The molecule has 2 fully saturated rings. The van der Waals surface area contributed by atoms with Gasteiger partial charge in [0, 0.05) is 36.8 Å². The van der Waals surface area contributed by atoms with Crippen LogP contribution in [0.1, 0.15) is 31.2 Å². The van der Waals surface area contributed by atoms with Crippen LogP contribution in [0, 0.1) is 5.92 Å². The van der Waals surface area contributed by atoms with Crippen molar-refractivity contribution in [2.75, 3.05) is 13.1 Å². The zero-order valence-electron chi connectivity index (χ0n) is 14.4. The number of hydrogen-bond donors (Lipinski definition) is 2. The van der Waals surface area contributed by atoms with Gasteiger partial charge in [-0.3, -0.25) is 14.7 Å². The summed E-state index contributed by atoms with van der Waals surface area (Å²) in [6.07, 6.45) is 6.44. The second-order valence-electron chi connectivity index (χ2n) is 7.46. The molecule has 2 saturated carbocycles. The molecule has 0 spiro atoms. The Kier molecular flexibility index (Phi) is 4.68. The fraction of sp³-hybridized carbons (Fsp3) is 0.500. The zero-order valence-corrected chi connectivity index (χ0v) is 14.4. The molecule has 4 rings (SSSR count). The minimum Gasteiger partial charge on any atom is -0.480 e. The fourth-order valence-corrected chi connectivity index (χ4v) is 3.77. The number of nitrogens with zero attached hydrogens (tertiary/aromatic N) is 2. The molecule has 0 unspecified atom stereocenters. The number of fused-ring (bicyclic) bond motifs is 1. The summed E-state index contributed by atoms with van der Waals surface area (Å²) in [7, 11) is 0. The van der Waals surface area contributed by atoms with Gasteiger partial charge in [-0.25, -0.2) is 0 Å². The van der Waals surface area contributed by atoms with Gasteiger partial charge in [0.05, 0.1) is 12.1 Å². The number of nitrogens with one attached hydrogen (secondary N) is 1. The third-order valence-corrected chi connectivity index (χ3v) is 5.46. The first-order valence-corrected chi connectivity index (χ1v) is 9.21. The molecule has 0 atom stereocenters. The van der Waals surface area contributed by atoms with Crippen LogP contribution in [0.25, 0.3) is 10.9 Å². The molecule has 2 aliphatic carbocycles. The van der Waals surface area contributed by atoms with Crippen LogP contribution in [0.15, 0.2) is 36.5 Å². The number of carboxylic acids is 1. The van der Waals surface area contributed by atoms with Crippen molar-refractivity contribution in [2.45, 2.75) is 44.3 Å². The number of benzene rings is 1. The highest BCUT2D eigenvalue weighted by molar-refractivity contribution is 5.81. The smallest absolute Gasteiger partial charge is 0.317 e. The van der Waals surface area contributed by atoms with Gasteiger partial charge >= 0.3 is 5.97 Å². The van der Waals surface area contributed by atoms with Crippen LogP contribution in [0.3, 0.4) is 0 Å². The number of carboxylic acid groups (broad SMARTS) is 1. The van der Waals surface area contributed by atoms with E-state index in [-0.39, 0.29) is 6.54 Å². The molecule has 1 aromatic carbocycles. The molecule has 25 heavy (non-hydrogen) atoms. The molecule has 1 aromatic heterocycles. The van der Waals surface area contributed by atoms with E-state index in [1.165, 1.54) is 23.8 Å². The Morgan fingerprint density at radius 2 is 2.04 bits per heavy atom. The summed E-state index contributed by atoms with van der Waals surface area (Å²) in [6, 6.07) is 11.2. The molecule has 2 aromatic rings. The lowest BCUT2D eigenvalue weighted by Crippen LogP contribution is -2.54. The minimum atomic E-state index is -0.709. The maximum Gasteiger partial charge on any atom is 0.317 e. The maximum absolute atomic E-state index is 11.1. The summed E-state index contributed by atoms with van der Waals surface area (Å²) in [5.41, 5.74) is 2.29. The number of para-hydroxylation sites is 1. The quantitative estimate of drug-likeness (QED) is 0.774. The van der Waals surface area contributed by atoms with Crippen molar-refractivity contribution >= 4 is 16.9 Å². The van der Waals surface area contributed by atoms with Gasteiger partial charge in [-0.15, -0.1) is 0 Å². The maximum atomic E-state index is 11.1. The minimum absolute atomic E-state index is 0.182. The molecule has 1 heterocycles. The first kappa shape index (κ1) is 16.5. The van der Waals surface area contributed by atoms with Gasteiger partial charge in [-0.2, -0.15) is 0 Å². The van der Waals surface area contributed by atoms with Crippen molar-refractivity contribution in [2.24, 2.45) is 5.92 Å². The number of rotatable bonds is 8. The van der Waals surface area contributed by atoms with E-state index in [2.05, 4.69) is 39.5 Å². The molecule has 0 radical (unpaired) electrons. The molecule has 0 aliphatic heterocycles. The van der Waals surface area contributed by atoms with E-state index in [4.69, 9.17) is 5.11 Å². The van der Waals surface area contributed by atoms with Crippen molar-refractivity contribution < 1.29 is 9.90 Å². The SMILES string of the molecule is O=C(O)CN(CC1CC1)C1CC(NCc2cccc3cccnc23)C1. The molecule has 5 nitrogen and oxygen atoms in total. The molecule has 0 bridgehead atoms. The Morgan fingerprint density at radius 1 is 1.24 bits per heavy atom. The lowest BCUT2D eigenvalue weighted by atomic mass is 9.85. The average molecular weight is 339 g/mol. The van der Waals surface area contributed by atoms with Crippen LogP contribution < -0.4 is 5.32 Å². The number of carbonyl (C=O) groups is 1. The molecule has 2 aliphatic rings. The van der Waals surface area contributed by atoms with Gasteiger partial charge in [-0.05, 0) is 43.2 Å². The van der Waals surface area contributed by atoms with Crippen LogP contribution in [0.4, 0.5) is 0 Å². The van der Waals surface area contributed by atoms with Crippen molar-refractivity contribution in [3.8, 4) is 0 Å². The molecule has 5 heteroatoms. The Bertz CT molecular complexity index is 748. The average Bonchev–Trinajstić information content (AvgIpc) is 3.37. The molecule has 2 N–H and O–H groups in total. The summed E-state index contributed by atoms with van der Waals surface area (Å²) in [5.74, 6) is 0.0204. The van der Waals surface area contributed by atoms with Gasteiger partial charge in [0.15, 0.2) is 0 Å². The van der Waals surface area contributed by atoms with Crippen LogP contribution in [-0.2, 0) is 11.3 Å². The third kappa shape index (κ3) is 3.99. The second kappa shape index (κ2) is 7.10. The second-order valence-corrected chi connectivity index (χ2v) is 7.46. The highest BCUT2D eigenvalue weighted by Gasteiger charge is 2.36. The fourth-order valence-electron chi connectivity index (χ4n) is 3.77. The normalized spacial score (nSPS) is 22.9. The first-order valence-electron chi connectivity index (χ1n) is 9.21. The third-order valence-electron chi connectivity index (χ3n) is 5.46. The molecule has 0 saturated heterocycles. The van der Waals surface area contributed by atoms with Crippen LogP contribution >= 0.6 is 0 Å². The van der Waals surface area contributed by atoms with Gasteiger partial charge in [-0.1, -0.05) is 24.3 Å². The lowest BCUT2D eigenvalue weighted by Gasteiger charge is -2.43. The Labute approximate surface area is 148 Å². The summed E-state index contributed by atoms with van der Waals surface area (Å²) in [5, 5.41) is 13.9. The summed E-state index contributed by atoms with van der Waals surface area (Å²) in [4.78, 5) is 17.8. The van der Waals surface area contributed by atoms with Crippen molar-refractivity contribution in [1.82, 2.24) is 15.2 Å². The molecule has 132 valence electrons. The van der Waals surface area contributed by atoms with E-state index in [0.29, 0.717) is 12.1 Å². The van der Waals surface area contributed by atoms with Gasteiger partial charge < -0.3 is 10.4 Å². The van der Waals surface area contributed by atoms with E-state index in [9.17, 15) is 4.79 Å². The molecular formula is C20H25N3O2. The van der Waals surface area contributed by atoms with E-state index in [1.54, 1.807) is 0 Å². The molecular weight excluding hydrogens is 314 g/mol. The Hall–Kier alpha value is -1.98. The van der Waals surface area contributed by atoms with E-state index in [0.717, 1.165) is 37.4 Å². The molecule has 0 amide bonds. The number of aromatic nitrogens is 1. The summed E-state index contributed by atoms with van der Waals surface area (Å²) >= 11 is 0. The number of hydrogen-bond acceptors (Lipinski definition) is 4. The first-order chi connectivity index (χ1) is 12.2. The van der Waals surface area contributed by atoms with E-state index < -0.39 is 5.97 Å². The Morgan fingerprint density at radius 3 is 2.80 bits per heavy atom. The monoisotopic (exact) mass is 339 g/mol. The Balaban J connectivity index is 1.31. The van der Waals surface area contributed by atoms with Gasteiger partial charge in [0.25, 0.3) is 0 Å². The topological polar surface area (TPSA) is 65.5 Å². The highest BCUT2D eigenvalue weighted by atomic mass is 16.4. The highest BCUT2D eigenvalue weighted by Crippen LogP contribution is 2.33. The summed E-state index contributed by atoms with van der Waals surface area (Å²) < 4.78 is 0. The van der Waals surface area contributed by atoms with Gasteiger partial charge in [0.1, 0.15) is 0 Å². The number of aliphatic carboxylic acids is 1.